The van der Waals surface area contributed by atoms with Gasteiger partial charge in [-0.15, -0.1) is 0 Å². The van der Waals surface area contributed by atoms with Gasteiger partial charge in [-0.2, -0.15) is 0 Å². The van der Waals surface area contributed by atoms with Crippen LogP contribution in [0.25, 0.3) is 0 Å². The molecule has 1 saturated heterocycles. The van der Waals surface area contributed by atoms with E-state index in [4.69, 9.17) is 0 Å². The highest BCUT2D eigenvalue weighted by Gasteiger charge is 2.48. The van der Waals surface area contributed by atoms with Crippen LogP contribution in [-0.2, 0) is 16.0 Å². The molecule has 3 rings (SSSR count). The first kappa shape index (κ1) is 17.3. The molecular weight excluding hydrogens is 320 g/mol. The van der Waals surface area contributed by atoms with Crippen molar-refractivity contribution in [3.05, 3.63) is 35.4 Å². The maximum atomic E-state index is 12.5. The maximum Gasteiger partial charge on any atom is 0.334 e. The number of hydrogen-bond donors (Lipinski definition) is 0. The van der Waals surface area contributed by atoms with Crippen LogP contribution in [0.2, 0.25) is 0 Å². The Hall–Kier alpha value is -2.50. The molecule has 132 valence electrons. The number of aryl methyl sites for hydroxylation is 1. The highest BCUT2D eigenvalue weighted by atomic mass is 16.2. The summed E-state index contributed by atoms with van der Waals surface area (Å²) in [5.74, 6) is -2.04. The molecule has 0 radical (unpaired) electrons. The summed E-state index contributed by atoms with van der Waals surface area (Å²) in [5, 5.41) is 0. The molecule has 2 aliphatic rings. The van der Waals surface area contributed by atoms with E-state index in [2.05, 4.69) is 6.92 Å². The van der Waals surface area contributed by atoms with E-state index in [1.54, 1.807) is 12.1 Å². The van der Waals surface area contributed by atoms with Crippen LogP contribution in [0.15, 0.2) is 24.3 Å². The number of hydrogen-bond acceptors (Lipinski definition) is 4. The lowest BCUT2D eigenvalue weighted by molar-refractivity contribution is -0.143. The van der Waals surface area contributed by atoms with Crippen LogP contribution in [0.5, 0.6) is 0 Å². The Kier molecular flexibility index (Phi) is 4.97. The van der Waals surface area contributed by atoms with Crippen LogP contribution >= 0.6 is 0 Å². The highest BCUT2D eigenvalue weighted by molar-refractivity contribution is 6.45. The lowest BCUT2D eigenvalue weighted by Crippen LogP contribution is -2.41. The molecule has 1 saturated carbocycles. The van der Waals surface area contributed by atoms with E-state index >= 15 is 0 Å². The lowest BCUT2D eigenvalue weighted by atomic mass is 10.1. The number of rotatable bonds is 6. The number of benzene rings is 1. The summed E-state index contributed by atoms with van der Waals surface area (Å²) < 4.78 is 0. The van der Waals surface area contributed by atoms with E-state index in [1.165, 1.54) is 0 Å². The van der Waals surface area contributed by atoms with Gasteiger partial charge < -0.3 is 0 Å². The number of nitrogens with zero attached hydrogens (tertiary/aromatic N) is 2. The topological polar surface area (TPSA) is 74.8 Å². The molecule has 0 N–H and O–H groups in total. The average molecular weight is 342 g/mol. The first-order chi connectivity index (χ1) is 12.0. The first-order valence-corrected chi connectivity index (χ1v) is 8.84. The molecule has 0 atom stereocenters. The van der Waals surface area contributed by atoms with E-state index in [0.29, 0.717) is 5.56 Å². The van der Waals surface area contributed by atoms with Gasteiger partial charge >= 0.3 is 17.8 Å². The minimum absolute atomic E-state index is 0.211. The minimum Gasteiger partial charge on any atom is -0.292 e. The minimum atomic E-state index is -0.896. The predicted molar refractivity (Wildman–Crippen MR) is 91.0 cm³/mol. The Morgan fingerprint density at radius 1 is 1.04 bits per heavy atom. The summed E-state index contributed by atoms with van der Waals surface area (Å²) in [6.45, 7) is 1.69. The quantitative estimate of drug-likeness (QED) is 0.452. The summed E-state index contributed by atoms with van der Waals surface area (Å²) in [4.78, 5) is 51.0. The molecule has 0 bridgehead atoms. The van der Waals surface area contributed by atoms with Crippen LogP contribution < -0.4 is 0 Å². The van der Waals surface area contributed by atoms with E-state index in [-0.39, 0.29) is 18.4 Å². The van der Waals surface area contributed by atoms with Gasteiger partial charge in [0.25, 0.3) is 0 Å². The number of carbonyl (C=O) groups excluding carboxylic acids is 4. The Morgan fingerprint density at radius 2 is 1.68 bits per heavy atom. The van der Waals surface area contributed by atoms with Crippen molar-refractivity contribution < 1.29 is 19.2 Å². The Balaban J connectivity index is 1.71. The average Bonchev–Trinajstić information content (AvgIpc) is 3.19. The van der Waals surface area contributed by atoms with Gasteiger partial charge in [0.05, 0.1) is 6.54 Å². The van der Waals surface area contributed by atoms with Crippen molar-refractivity contribution in [2.75, 3.05) is 6.54 Å². The van der Waals surface area contributed by atoms with Crippen molar-refractivity contribution in [3.8, 4) is 0 Å². The molecule has 25 heavy (non-hydrogen) atoms. The van der Waals surface area contributed by atoms with Gasteiger partial charge in [0.2, 0.25) is 0 Å². The molecule has 2 fully saturated rings. The van der Waals surface area contributed by atoms with Crippen LogP contribution in [0.4, 0.5) is 4.79 Å². The molecule has 6 heteroatoms. The Morgan fingerprint density at radius 3 is 2.28 bits per heavy atom. The largest absolute Gasteiger partial charge is 0.334 e. The summed E-state index contributed by atoms with van der Waals surface area (Å²) in [6.07, 6.45) is 5.29. The molecule has 1 aromatic carbocycles. The fraction of sp³-hybridized carbons (Fsp3) is 0.474. The zero-order valence-corrected chi connectivity index (χ0v) is 14.4. The summed E-state index contributed by atoms with van der Waals surface area (Å²) >= 11 is 0. The third-order valence-corrected chi connectivity index (χ3v) is 4.89. The van der Waals surface area contributed by atoms with Gasteiger partial charge in [-0.05, 0) is 24.8 Å². The Labute approximate surface area is 146 Å². The maximum absolute atomic E-state index is 12.5. The number of imide groups is 2. The van der Waals surface area contributed by atoms with Crippen molar-refractivity contribution in [2.45, 2.75) is 51.5 Å². The molecular formula is C19H22N2O4. The van der Waals surface area contributed by atoms with E-state index in [0.717, 1.165) is 53.9 Å². The monoisotopic (exact) mass is 342 g/mol. The van der Waals surface area contributed by atoms with Crippen LogP contribution in [0, 0.1) is 0 Å². The molecule has 0 spiro atoms. The second-order valence-corrected chi connectivity index (χ2v) is 6.66. The number of amides is 4. The van der Waals surface area contributed by atoms with Crippen molar-refractivity contribution in [3.63, 3.8) is 0 Å². The third kappa shape index (κ3) is 3.34. The zero-order valence-electron chi connectivity index (χ0n) is 14.4. The van der Waals surface area contributed by atoms with Gasteiger partial charge in [0, 0.05) is 11.6 Å². The van der Waals surface area contributed by atoms with E-state index in [9.17, 15) is 19.2 Å². The van der Waals surface area contributed by atoms with Gasteiger partial charge in [0.1, 0.15) is 0 Å². The van der Waals surface area contributed by atoms with Gasteiger partial charge in [-0.25, -0.2) is 9.69 Å². The highest BCUT2D eigenvalue weighted by Crippen LogP contribution is 2.27. The van der Waals surface area contributed by atoms with E-state index in [1.807, 2.05) is 12.1 Å². The SMILES string of the molecule is CCCc1ccc(C(=O)CN2C(=O)C(=O)N(C3CCCC3)C2=O)cc1. The van der Waals surface area contributed by atoms with Gasteiger partial charge in [-0.3, -0.25) is 19.3 Å². The third-order valence-electron chi connectivity index (χ3n) is 4.89. The molecule has 0 unspecified atom stereocenters. The van der Waals surface area contributed by atoms with Gasteiger partial charge in [0.15, 0.2) is 5.78 Å². The number of Topliss-reactive ketones (excluding diaryl/α,β-unsaturated/α-hetero) is 1. The zero-order chi connectivity index (χ0) is 18.0. The number of ketones is 1. The number of urea groups is 1. The molecule has 0 aromatic heterocycles. The molecule has 6 nitrogen and oxygen atoms in total. The van der Waals surface area contributed by atoms with Crippen molar-refractivity contribution in [1.82, 2.24) is 9.80 Å². The molecule has 1 aliphatic carbocycles. The van der Waals surface area contributed by atoms with Crippen molar-refractivity contribution in [1.29, 1.82) is 0 Å². The van der Waals surface area contributed by atoms with Gasteiger partial charge in [-0.1, -0.05) is 50.5 Å². The van der Waals surface area contributed by atoms with Crippen LogP contribution in [0.3, 0.4) is 0 Å². The predicted octanol–water partition coefficient (Wildman–Crippen LogP) is 2.56. The molecule has 4 amide bonds. The van der Waals surface area contributed by atoms with Crippen LogP contribution in [-0.4, -0.2) is 46.0 Å². The fourth-order valence-electron chi connectivity index (χ4n) is 3.53. The van der Waals surface area contributed by atoms with E-state index < -0.39 is 17.8 Å². The molecule has 1 aromatic rings. The summed E-state index contributed by atoms with van der Waals surface area (Å²) in [6, 6.07) is 6.29. The second kappa shape index (κ2) is 7.17. The second-order valence-electron chi connectivity index (χ2n) is 6.66. The van der Waals surface area contributed by atoms with Crippen molar-refractivity contribution in [2.24, 2.45) is 0 Å². The Bertz CT molecular complexity index is 705. The normalized spacial score (nSPS) is 18.5. The first-order valence-electron chi connectivity index (χ1n) is 8.84. The van der Waals surface area contributed by atoms with Crippen molar-refractivity contribution >= 4 is 23.6 Å². The molecule has 1 heterocycles. The van der Waals surface area contributed by atoms with Crippen LogP contribution in [0.1, 0.15) is 54.9 Å². The summed E-state index contributed by atoms with van der Waals surface area (Å²) in [7, 11) is 0. The fourth-order valence-corrected chi connectivity index (χ4v) is 3.53. The summed E-state index contributed by atoms with van der Waals surface area (Å²) in [5.41, 5.74) is 1.57. The number of carbonyl (C=O) groups is 4. The molecule has 1 aliphatic heterocycles. The lowest BCUT2D eigenvalue weighted by Gasteiger charge is -2.20. The standard InChI is InChI=1S/C19H22N2O4/c1-2-5-13-8-10-14(11-9-13)16(22)12-20-17(23)18(24)21(19(20)25)15-6-3-4-7-15/h8-11,15H,2-7,12H2,1H3. The smallest absolute Gasteiger partial charge is 0.292 e.